The van der Waals surface area contributed by atoms with Crippen molar-refractivity contribution < 1.29 is 41.1 Å². The van der Waals surface area contributed by atoms with Crippen LogP contribution >= 0.6 is 0 Å². The normalized spacial score (nSPS) is 17.4. The molecular formula is C45H44F5N11O4. The maximum Gasteiger partial charge on any atom is 0.268 e. The van der Waals surface area contributed by atoms with Crippen molar-refractivity contribution in [2.24, 2.45) is 5.92 Å². The van der Waals surface area contributed by atoms with Crippen molar-refractivity contribution in [3.8, 4) is 0 Å². The fraction of sp³-hybridized carbons (Fsp3) is 0.311. The minimum Gasteiger partial charge on any atom is -0.354 e. The van der Waals surface area contributed by atoms with Crippen molar-refractivity contribution in [1.82, 2.24) is 35.6 Å². The number of hydrogen-bond acceptors (Lipinski definition) is 12. The molecule has 15 nitrogen and oxygen atoms in total. The van der Waals surface area contributed by atoms with Crippen molar-refractivity contribution in [3.63, 3.8) is 0 Å². The lowest BCUT2D eigenvalue weighted by molar-refractivity contribution is -0.134. The molecule has 0 saturated carbocycles. The first-order valence-corrected chi connectivity index (χ1v) is 21.1. The van der Waals surface area contributed by atoms with Crippen LogP contribution in [0.4, 0.5) is 56.6 Å². The average molecular weight is 898 g/mol. The lowest BCUT2D eigenvalue weighted by Crippen LogP contribution is -2.48. The lowest BCUT2D eigenvalue weighted by atomic mass is 9.91. The van der Waals surface area contributed by atoms with Gasteiger partial charge in [0.1, 0.15) is 29.1 Å². The first-order valence-electron chi connectivity index (χ1n) is 21.1. The summed E-state index contributed by atoms with van der Waals surface area (Å²) in [5.74, 6) is -6.17. The maximum atomic E-state index is 15.3. The number of carbonyl (C=O) groups excluding carboxylic acids is 4. The van der Waals surface area contributed by atoms with Gasteiger partial charge < -0.3 is 20.9 Å². The zero-order chi connectivity index (χ0) is 45.6. The van der Waals surface area contributed by atoms with Gasteiger partial charge in [-0.3, -0.25) is 34.8 Å². The molecule has 1 unspecified atom stereocenters. The van der Waals surface area contributed by atoms with Crippen molar-refractivity contribution in [2.45, 2.75) is 38.0 Å². The molecule has 5 aromatic rings. The highest BCUT2D eigenvalue weighted by molar-refractivity contribution is 6.04. The van der Waals surface area contributed by atoms with Gasteiger partial charge in [-0.05, 0) is 92.7 Å². The van der Waals surface area contributed by atoms with Crippen molar-refractivity contribution >= 4 is 58.3 Å². The first-order chi connectivity index (χ1) is 31.3. The third kappa shape index (κ3) is 11.0. The molecule has 3 aliphatic heterocycles. The minimum atomic E-state index is -1.01. The topological polar surface area (TPSA) is 177 Å². The van der Waals surface area contributed by atoms with Gasteiger partial charge in [-0.2, -0.15) is 4.98 Å². The number of nitrogens with one attached hydrogen (secondary N) is 5. The molecule has 3 aromatic carbocycles. The average Bonchev–Trinajstić information content (AvgIpc) is 3.28. The number of imide groups is 1. The molecule has 3 aliphatic rings. The molecule has 5 heterocycles. The van der Waals surface area contributed by atoms with Gasteiger partial charge in [0.25, 0.3) is 11.8 Å². The number of nitrogens with zero attached hydrogens (tertiary/aromatic N) is 6. The molecule has 5 N–H and O–H groups in total. The van der Waals surface area contributed by atoms with Gasteiger partial charge in [0.2, 0.25) is 17.8 Å². The van der Waals surface area contributed by atoms with Gasteiger partial charge in [-0.25, -0.2) is 36.9 Å². The van der Waals surface area contributed by atoms with Crippen LogP contribution in [0.25, 0.3) is 0 Å². The second-order valence-electron chi connectivity index (χ2n) is 16.0. The predicted octanol–water partition coefficient (Wildman–Crippen LogP) is 6.40. The van der Waals surface area contributed by atoms with E-state index in [-0.39, 0.29) is 52.9 Å². The summed E-state index contributed by atoms with van der Waals surface area (Å²) in [5, 5.41) is 12.2. The number of piperazine rings is 1. The zero-order valence-corrected chi connectivity index (χ0v) is 34.9. The van der Waals surface area contributed by atoms with Crippen molar-refractivity contribution in [1.29, 1.82) is 0 Å². The van der Waals surface area contributed by atoms with Crippen LogP contribution in [0.2, 0.25) is 0 Å². The van der Waals surface area contributed by atoms with Gasteiger partial charge in [0, 0.05) is 86.6 Å². The van der Waals surface area contributed by atoms with Gasteiger partial charge in [0.15, 0.2) is 11.6 Å². The summed E-state index contributed by atoms with van der Waals surface area (Å²) in [5.41, 5.74) is 3.40. The molecule has 1 atom stereocenters. The molecule has 0 bridgehead atoms. The van der Waals surface area contributed by atoms with E-state index in [1.807, 2.05) is 4.90 Å². The molecule has 65 heavy (non-hydrogen) atoms. The van der Waals surface area contributed by atoms with Crippen LogP contribution in [-0.2, 0) is 9.59 Å². The maximum absolute atomic E-state index is 15.3. The van der Waals surface area contributed by atoms with Crippen LogP contribution in [-0.4, -0.2) is 94.3 Å². The highest BCUT2D eigenvalue weighted by Crippen LogP contribution is 2.29. The Kier molecular flexibility index (Phi) is 13.5. The van der Waals surface area contributed by atoms with E-state index in [1.165, 1.54) is 48.7 Å². The van der Waals surface area contributed by atoms with Crippen LogP contribution in [0.3, 0.4) is 0 Å². The van der Waals surface area contributed by atoms with E-state index >= 15 is 8.78 Å². The Hall–Kier alpha value is -7.06. The first kappa shape index (κ1) is 44.5. The highest BCUT2D eigenvalue weighted by atomic mass is 19.1. The van der Waals surface area contributed by atoms with Crippen LogP contribution in [0.15, 0.2) is 79.1 Å². The summed E-state index contributed by atoms with van der Waals surface area (Å²) in [6.45, 7) is 5.04. The van der Waals surface area contributed by atoms with E-state index in [9.17, 15) is 32.3 Å². The number of anilines is 6. The minimum absolute atomic E-state index is 0.0644. The van der Waals surface area contributed by atoms with Gasteiger partial charge >= 0.3 is 0 Å². The number of halogens is 5. The molecule has 2 aromatic heterocycles. The SMILES string of the molecule is O=C1CCC(c2cnc(N3CCN(CCC4CCN(NC(=O)c5ccc(Nc6ncc(F)c(Nc7ccc(NC(=O)c8ccc(F)cc8F)cc7)n6)cc5F)CC4)CC3)cc2F)C(=O)N1. The molecule has 20 heteroatoms. The summed E-state index contributed by atoms with van der Waals surface area (Å²) in [4.78, 5) is 66.1. The van der Waals surface area contributed by atoms with Crippen LogP contribution in [0, 0.1) is 35.0 Å². The monoisotopic (exact) mass is 897 g/mol. The highest BCUT2D eigenvalue weighted by Gasteiger charge is 2.31. The number of benzene rings is 3. The molecule has 0 spiro atoms. The third-order valence-electron chi connectivity index (χ3n) is 11.7. The molecule has 3 fully saturated rings. The number of piperidine rings is 2. The molecule has 8 rings (SSSR count). The summed E-state index contributed by atoms with van der Waals surface area (Å²) in [6.07, 6.45) is 5.44. The van der Waals surface area contributed by atoms with E-state index in [0.717, 1.165) is 63.3 Å². The number of hydrogen-bond donors (Lipinski definition) is 5. The Morgan fingerprint density at radius 2 is 1.38 bits per heavy atom. The van der Waals surface area contributed by atoms with Gasteiger partial charge in [0.05, 0.1) is 23.2 Å². The van der Waals surface area contributed by atoms with E-state index in [2.05, 4.69) is 46.5 Å². The van der Waals surface area contributed by atoms with Gasteiger partial charge in [-0.15, -0.1) is 0 Å². The van der Waals surface area contributed by atoms with Crippen LogP contribution in [0.1, 0.15) is 64.3 Å². The number of rotatable bonds is 13. The summed E-state index contributed by atoms with van der Waals surface area (Å²) in [6, 6.07) is 13.9. The zero-order valence-electron chi connectivity index (χ0n) is 34.9. The summed E-state index contributed by atoms with van der Waals surface area (Å²) < 4.78 is 72.2. The third-order valence-corrected chi connectivity index (χ3v) is 11.7. The number of hydrazine groups is 1. The summed E-state index contributed by atoms with van der Waals surface area (Å²) >= 11 is 0. The molecule has 338 valence electrons. The molecule has 0 radical (unpaired) electrons. The van der Waals surface area contributed by atoms with E-state index in [0.29, 0.717) is 55.4 Å². The molecule has 0 aliphatic carbocycles. The number of carbonyl (C=O) groups is 4. The lowest BCUT2D eigenvalue weighted by Gasteiger charge is -2.37. The van der Waals surface area contributed by atoms with Crippen LogP contribution < -0.4 is 31.6 Å². The Balaban J connectivity index is 0.757. The smallest absolute Gasteiger partial charge is 0.268 e. The largest absolute Gasteiger partial charge is 0.354 e. The van der Waals surface area contributed by atoms with E-state index < -0.39 is 52.7 Å². The number of pyridine rings is 1. The van der Waals surface area contributed by atoms with E-state index in [4.69, 9.17) is 0 Å². The molecule has 4 amide bonds. The molecule has 3 saturated heterocycles. The fourth-order valence-corrected chi connectivity index (χ4v) is 8.02. The van der Waals surface area contributed by atoms with Crippen molar-refractivity contribution in [2.75, 3.05) is 66.7 Å². The molecular weight excluding hydrogens is 854 g/mol. The van der Waals surface area contributed by atoms with Gasteiger partial charge in [-0.1, -0.05) is 0 Å². The number of amides is 4. The quantitative estimate of drug-likeness (QED) is 0.0651. The Morgan fingerprint density at radius 3 is 2.09 bits per heavy atom. The van der Waals surface area contributed by atoms with E-state index in [1.54, 1.807) is 5.01 Å². The Labute approximate surface area is 369 Å². The predicted molar refractivity (Wildman–Crippen MR) is 230 cm³/mol. The summed E-state index contributed by atoms with van der Waals surface area (Å²) in [7, 11) is 0. The van der Waals surface area contributed by atoms with Crippen molar-refractivity contribution in [3.05, 3.63) is 125 Å². The second-order valence-corrected chi connectivity index (χ2v) is 16.0. The Bertz CT molecular complexity index is 2590. The van der Waals surface area contributed by atoms with Crippen LogP contribution in [0.5, 0.6) is 0 Å². The fourth-order valence-electron chi connectivity index (χ4n) is 8.02. The number of aromatic nitrogens is 3. The standard InChI is InChI=1S/C45H44F5N11O4/c46-27-1-7-32(35(47)21-27)43(64)54-29-4-2-28(3-5-29)53-41-38(50)25-52-45(57-41)55-30-6-8-33(36(48)22-30)44(65)58-61-15-12-26(13-16-61)11-14-59-17-19-60(20-18-59)39-23-37(49)34(24-51-39)31-9-10-40(62)56-42(31)63/h1-8,21-26,31H,9-20H2,(H,54,64)(H,58,65)(H,56,62,63)(H2,52,53,55,57). The second kappa shape index (κ2) is 19.8. The Morgan fingerprint density at radius 1 is 0.692 bits per heavy atom.